The molecule has 14 heteroatoms. The van der Waals surface area contributed by atoms with Gasteiger partial charge in [0.15, 0.2) is 24.8 Å². The van der Waals surface area contributed by atoms with Crippen LogP contribution in [0.15, 0.2) is 182 Å². The third-order valence-corrected chi connectivity index (χ3v) is 12.8. The summed E-state index contributed by atoms with van der Waals surface area (Å²) in [5.41, 5.74) is 2.66. The number of ether oxygens (including phenoxy) is 10. The highest BCUT2D eigenvalue weighted by Gasteiger charge is 2.57. The number of thioether (sulfide) groups is 1. The largest absolute Gasteiger partial charge is 0.459 e. The summed E-state index contributed by atoms with van der Waals surface area (Å²) in [6.07, 6.45) is -8.86. The Kier molecular flexibility index (Phi) is 16.2. The van der Waals surface area contributed by atoms with Crippen molar-refractivity contribution in [1.82, 2.24) is 0 Å². The van der Waals surface area contributed by atoms with E-state index in [-0.39, 0.29) is 36.5 Å². The summed E-state index contributed by atoms with van der Waals surface area (Å²) in [5, 5.41) is 0. The number of hydrogen-bond donors (Lipinski definition) is 0. The molecule has 69 heavy (non-hydrogen) atoms. The molecule has 0 bridgehead atoms. The van der Waals surface area contributed by atoms with E-state index in [2.05, 4.69) is 0 Å². The maximum Gasteiger partial charge on any atom is 0.338 e. The molecule has 11 atom stereocenters. The van der Waals surface area contributed by atoms with E-state index in [1.807, 2.05) is 97.3 Å². The van der Waals surface area contributed by atoms with Crippen molar-refractivity contribution in [1.29, 1.82) is 0 Å². The highest BCUT2D eigenvalue weighted by atomic mass is 32.2. The van der Waals surface area contributed by atoms with Gasteiger partial charge in [0, 0.05) is 5.56 Å². The van der Waals surface area contributed by atoms with Gasteiger partial charge in [-0.2, -0.15) is 0 Å². The van der Waals surface area contributed by atoms with Gasteiger partial charge in [0.05, 0.1) is 36.5 Å². The molecule has 6 aromatic rings. The fraction of sp³-hybridized carbons (Fsp3) is 0.291. The average Bonchev–Trinajstić information content (AvgIpc) is 3.41. The van der Waals surface area contributed by atoms with Gasteiger partial charge in [-0.05, 0) is 53.8 Å². The van der Waals surface area contributed by atoms with Gasteiger partial charge in [0.25, 0.3) is 0 Å². The number of benzene rings is 6. The lowest BCUT2D eigenvalue weighted by molar-refractivity contribution is -0.372. The van der Waals surface area contributed by atoms with Crippen LogP contribution in [0, 0.1) is 0 Å². The molecule has 0 radical (unpaired) electrons. The van der Waals surface area contributed by atoms with E-state index in [0.717, 1.165) is 16.7 Å². The zero-order valence-electron chi connectivity index (χ0n) is 37.7. The SMILES string of the molecule is CS[C@@H]1O[C@@H]2COC(c3ccccc3)O[C@H]2[C@H](O[C@H]2O[C@H](COC(=O)c3ccccc3)[C@@H](OC(=O)c3ccccc3)[C@H](OC(=O)c3ccccc3)[C@H]2OCc2ccccc2)[C@H]1OCc1ccccc1. The van der Waals surface area contributed by atoms with E-state index in [1.54, 1.807) is 91.0 Å². The number of carbonyl (C=O) groups is 3. The molecule has 0 spiro atoms. The van der Waals surface area contributed by atoms with Gasteiger partial charge in [0.1, 0.15) is 48.7 Å². The lowest BCUT2D eigenvalue weighted by Gasteiger charge is -2.51. The summed E-state index contributed by atoms with van der Waals surface area (Å²) in [6.45, 7) is -0.0808. The van der Waals surface area contributed by atoms with Crippen LogP contribution >= 0.6 is 11.8 Å². The fourth-order valence-electron chi connectivity index (χ4n) is 8.46. The minimum atomic E-state index is -1.42. The zero-order valence-corrected chi connectivity index (χ0v) is 38.5. The Labute approximate surface area is 404 Å². The molecule has 3 heterocycles. The van der Waals surface area contributed by atoms with Gasteiger partial charge in [-0.1, -0.05) is 146 Å². The predicted octanol–water partition coefficient (Wildman–Crippen LogP) is 8.78. The van der Waals surface area contributed by atoms with Crippen molar-refractivity contribution in [2.45, 2.75) is 80.1 Å². The Morgan fingerprint density at radius 3 is 1.54 bits per heavy atom. The molecule has 0 amide bonds. The number of hydrogen-bond acceptors (Lipinski definition) is 14. The maximum absolute atomic E-state index is 14.3. The molecule has 0 N–H and O–H groups in total. The molecule has 0 aromatic heterocycles. The van der Waals surface area contributed by atoms with Crippen LogP contribution < -0.4 is 0 Å². The van der Waals surface area contributed by atoms with Crippen LogP contribution in [0.4, 0.5) is 0 Å². The topological polar surface area (TPSA) is 144 Å². The smallest absolute Gasteiger partial charge is 0.338 e. The van der Waals surface area contributed by atoms with E-state index in [1.165, 1.54) is 11.8 Å². The first-order valence-corrected chi connectivity index (χ1v) is 24.1. The molecule has 3 fully saturated rings. The summed E-state index contributed by atoms with van der Waals surface area (Å²) >= 11 is 1.44. The maximum atomic E-state index is 14.3. The highest BCUT2D eigenvalue weighted by Crippen LogP contribution is 2.41. The fourth-order valence-corrected chi connectivity index (χ4v) is 9.21. The van der Waals surface area contributed by atoms with Crippen molar-refractivity contribution in [2.24, 2.45) is 0 Å². The molecule has 13 nitrogen and oxygen atoms in total. The standard InChI is InChI=1S/C55H52O13S/c1-69-55-49(60-33-37-22-10-3-11-23-37)47(45-43(64-55)35-62-53(67-45)41-30-18-7-19-31-41)68-54-48(59-32-36-20-8-2-9-21-36)46(66-52(58)40-28-16-6-17-29-40)44(65-51(57)39-26-14-5-15-27-39)42(63-54)34-61-50(56)38-24-12-4-13-25-38/h2-31,42-49,53-55H,32-35H2,1H3/t42-,43-,44-,45-,46+,47+,48-,49-,53?,54-,55+/m1/s1. The molecule has 0 saturated carbocycles. The third-order valence-electron chi connectivity index (χ3n) is 11.9. The molecule has 3 saturated heterocycles. The van der Waals surface area contributed by atoms with Crippen molar-refractivity contribution in [3.05, 3.63) is 215 Å². The van der Waals surface area contributed by atoms with Crippen molar-refractivity contribution >= 4 is 29.7 Å². The Morgan fingerprint density at radius 2 is 1.00 bits per heavy atom. The van der Waals surface area contributed by atoms with Gasteiger partial charge in [0.2, 0.25) is 0 Å². The summed E-state index contributed by atoms with van der Waals surface area (Å²) in [5.74, 6) is -2.12. The summed E-state index contributed by atoms with van der Waals surface area (Å²) in [6, 6.07) is 54.0. The monoisotopic (exact) mass is 952 g/mol. The Morgan fingerprint density at radius 1 is 0.522 bits per heavy atom. The quantitative estimate of drug-likeness (QED) is 0.0635. The molecule has 6 aromatic carbocycles. The minimum absolute atomic E-state index is 0.00273. The van der Waals surface area contributed by atoms with Crippen LogP contribution in [-0.2, 0) is 60.6 Å². The summed E-state index contributed by atoms with van der Waals surface area (Å²) in [4.78, 5) is 42.1. The van der Waals surface area contributed by atoms with Crippen molar-refractivity contribution in [2.75, 3.05) is 19.5 Å². The van der Waals surface area contributed by atoms with Crippen LogP contribution in [0.2, 0.25) is 0 Å². The first kappa shape index (κ1) is 47.8. The average molecular weight is 953 g/mol. The van der Waals surface area contributed by atoms with Crippen molar-refractivity contribution < 1.29 is 61.8 Å². The molecule has 356 valence electrons. The summed E-state index contributed by atoms with van der Waals surface area (Å²) in [7, 11) is 0. The molecule has 1 unspecified atom stereocenters. The van der Waals surface area contributed by atoms with E-state index < -0.39 is 91.4 Å². The van der Waals surface area contributed by atoms with E-state index in [4.69, 9.17) is 47.4 Å². The Bertz CT molecular complexity index is 2540. The van der Waals surface area contributed by atoms with Crippen LogP contribution in [0.1, 0.15) is 54.1 Å². The van der Waals surface area contributed by atoms with Gasteiger partial charge < -0.3 is 47.4 Å². The summed E-state index contributed by atoms with van der Waals surface area (Å²) < 4.78 is 66.3. The molecule has 3 aliphatic heterocycles. The molecule has 3 aliphatic rings. The predicted molar refractivity (Wildman–Crippen MR) is 254 cm³/mol. The van der Waals surface area contributed by atoms with Crippen LogP contribution in [0.3, 0.4) is 0 Å². The van der Waals surface area contributed by atoms with Crippen LogP contribution in [-0.4, -0.2) is 97.9 Å². The van der Waals surface area contributed by atoms with Crippen molar-refractivity contribution in [3.8, 4) is 0 Å². The van der Waals surface area contributed by atoms with Crippen LogP contribution in [0.25, 0.3) is 0 Å². The Hall–Kier alpha value is -6.20. The lowest BCUT2D eigenvalue weighted by Crippen LogP contribution is -2.67. The van der Waals surface area contributed by atoms with E-state index in [9.17, 15) is 14.4 Å². The molecular weight excluding hydrogens is 901 g/mol. The number of rotatable bonds is 17. The minimum Gasteiger partial charge on any atom is -0.459 e. The van der Waals surface area contributed by atoms with E-state index in [0.29, 0.717) is 0 Å². The number of fused-ring (bicyclic) bond motifs is 1. The second-order valence-electron chi connectivity index (χ2n) is 16.6. The Balaban J connectivity index is 1.14. The highest BCUT2D eigenvalue weighted by molar-refractivity contribution is 7.99. The van der Waals surface area contributed by atoms with E-state index >= 15 is 0 Å². The van der Waals surface area contributed by atoms with Gasteiger partial charge in [-0.3, -0.25) is 0 Å². The molecule has 0 aliphatic carbocycles. The van der Waals surface area contributed by atoms with Crippen LogP contribution in [0.5, 0.6) is 0 Å². The number of esters is 3. The van der Waals surface area contributed by atoms with Crippen molar-refractivity contribution in [3.63, 3.8) is 0 Å². The number of carbonyl (C=O) groups excluding carboxylic acids is 3. The second-order valence-corrected chi connectivity index (χ2v) is 17.5. The second kappa shape index (κ2) is 23.4. The third kappa shape index (κ3) is 12.0. The van der Waals surface area contributed by atoms with Gasteiger partial charge in [-0.25, -0.2) is 14.4 Å². The molecule has 9 rings (SSSR count). The van der Waals surface area contributed by atoms with Gasteiger partial charge in [-0.15, -0.1) is 11.8 Å². The lowest BCUT2D eigenvalue weighted by atomic mass is 9.95. The normalized spacial score (nSPS) is 26.5. The zero-order chi connectivity index (χ0) is 47.4. The molecular formula is C55H52O13S. The van der Waals surface area contributed by atoms with Gasteiger partial charge >= 0.3 is 17.9 Å². The first-order valence-electron chi connectivity index (χ1n) is 22.8. The first-order chi connectivity index (χ1) is 33.9.